The normalized spacial score (nSPS) is 16.9. The van der Waals surface area contributed by atoms with Crippen molar-refractivity contribution in [2.24, 2.45) is 11.7 Å². The lowest BCUT2D eigenvalue weighted by molar-refractivity contribution is 0.0277. The topological polar surface area (TPSA) is 93.8 Å². The Labute approximate surface area is 232 Å². The van der Waals surface area contributed by atoms with Crippen molar-refractivity contribution in [1.29, 1.82) is 0 Å². The van der Waals surface area contributed by atoms with Crippen LogP contribution in [0, 0.1) is 17.6 Å². The molecule has 4 N–H and O–H groups in total. The van der Waals surface area contributed by atoms with Gasteiger partial charge in [0.15, 0.2) is 11.6 Å². The second kappa shape index (κ2) is 12.3. The number of ether oxygens (including phenoxy) is 2. The van der Waals surface area contributed by atoms with E-state index in [1.54, 1.807) is 0 Å². The van der Waals surface area contributed by atoms with Crippen LogP contribution in [0.15, 0.2) is 48.5 Å². The molecule has 0 aliphatic carbocycles. The highest BCUT2D eigenvalue weighted by Crippen LogP contribution is 2.53. The van der Waals surface area contributed by atoms with Crippen molar-refractivity contribution < 1.29 is 28.2 Å². The summed E-state index contributed by atoms with van der Waals surface area (Å²) in [7, 11) is 1.42. The zero-order chi connectivity index (χ0) is 28.2. The molecule has 39 heavy (non-hydrogen) atoms. The van der Waals surface area contributed by atoms with E-state index in [1.807, 2.05) is 30.3 Å². The molecule has 3 aromatic carbocycles. The molecule has 9 heteroatoms. The number of carbonyl (C=O) groups is 1. The number of aliphatic hydroxyl groups is 1. The van der Waals surface area contributed by atoms with Crippen LogP contribution in [0.25, 0.3) is 11.1 Å². The SMILES string of the molecule is CNC(=O)c1ccc(OCCO)c(F)c1-c1c(Cl)c(F)cc2c1C[C@](c1ccccc1)([C@@H](C)CCCCN)O2. The summed E-state index contributed by atoms with van der Waals surface area (Å²) < 4.78 is 43.4. The van der Waals surface area contributed by atoms with Crippen molar-refractivity contribution in [2.75, 3.05) is 26.8 Å². The molecule has 0 spiro atoms. The van der Waals surface area contributed by atoms with Gasteiger partial charge in [-0.05, 0) is 37.1 Å². The summed E-state index contributed by atoms with van der Waals surface area (Å²) in [6, 6.07) is 13.6. The predicted molar refractivity (Wildman–Crippen MR) is 147 cm³/mol. The summed E-state index contributed by atoms with van der Waals surface area (Å²) in [6.45, 7) is 2.16. The molecule has 0 saturated carbocycles. The fourth-order valence-electron chi connectivity index (χ4n) is 5.32. The highest BCUT2D eigenvalue weighted by molar-refractivity contribution is 6.34. The first-order valence-corrected chi connectivity index (χ1v) is 13.4. The number of unbranched alkanes of at least 4 members (excludes halogenated alkanes) is 1. The van der Waals surface area contributed by atoms with Gasteiger partial charge >= 0.3 is 0 Å². The summed E-state index contributed by atoms with van der Waals surface area (Å²) in [5.74, 6) is -2.22. The Morgan fingerprint density at radius 3 is 2.62 bits per heavy atom. The van der Waals surface area contributed by atoms with Crippen LogP contribution in [0.2, 0.25) is 5.02 Å². The average Bonchev–Trinajstić information content (AvgIpc) is 3.33. The molecule has 0 saturated heterocycles. The van der Waals surface area contributed by atoms with Crippen LogP contribution in [0.3, 0.4) is 0 Å². The molecule has 1 heterocycles. The molecule has 2 atom stereocenters. The number of benzene rings is 3. The minimum Gasteiger partial charge on any atom is -0.488 e. The van der Waals surface area contributed by atoms with Crippen molar-refractivity contribution in [3.05, 3.63) is 81.9 Å². The van der Waals surface area contributed by atoms with E-state index in [4.69, 9.17) is 26.8 Å². The van der Waals surface area contributed by atoms with Gasteiger partial charge in [0.1, 0.15) is 23.8 Å². The van der Waals surface area contributed by atoms with Crippen LogP contribution < -0.4 is 20.5 Å². The predicted octanol–water partition coefficient (Wildman–Crippen LogP) is 5.61. The third kappa shape index (κ3) is 5.46. The number of nitrogens with one attached hydrogen (secondary N) is 1. The number of hydrogen-bond donors (Lipinski definition) is 3. The van der Waals surface area contributed by atoms with Gasteiger partial charge in [0, 0.05) is 42.1 Å². The first-order chi connectivity index (χ1) is 18.8. The van der Waals surface area contributed by atoms with E-state index >= 15 is 8.78 Å². The maximum atomic E-state index is 16.1. The Kier molecular flexibility index (Phi) is 9.10. The standard InChI is InChI=1S/C30H33ClF2N2O4/c1-18(8-6-7-13-34)30(19-9-4-3-5-10-19)17-21-24(39-30)16-22(32)27(31)25(21)26-20(29(37)35-2)11-12-23(28(26)33)38-15-14-36/h3-5,9-12,16,18,36H,6-8,13-15,17,34H2,1-2H3,(H,35,37)/t18-,30+/m0/s1. The van der Waals surface area contributed by atoms with Crippen molar-refractivity contribution >= 4 is 17.5 Å². The molecule has 208 valence electrons. The summed E-state index contributed by atoms with van der Waals surface area (Å²) >= 11 is 6.56. The summed E-state index contributed by atoms with van der Waals surface area (Å²) in [4.78, 5) is 12.8. The Morgan fingerprint density at radius 1 is 1.21 bits per heavy atom. The molecule has 1 amide bonds. The largest absolute Gasteiger partial charge is 0.488 e. The van der Waals surface area contributed by atoms with Crippen LogP contribution in [0.1, 0.15) is 47.7 Å². The third-order valence-corrected chi connectivity index (χ3v) is 7.71. The lowest BCUT2D eigenvalue weighted by Crippen LogP contribution is -2.38. The summed E-state index contributed by atoms with van der Waals surface area (Å²) in [5.41, 5.74) is 6.07. The van der Waals surface area contributed by atoms with E-state index in [1.165, 1.54) is 25.2 Å². The van der Waals surface area contributed by atoms with Crippen LogP contribution in [-0.4, -0.2) is 37.8 Å². The molecular formula is C30H33ClF2N2O4. The van der Waals surface area contributed by atoms with Gasteiger partial charge in [-0.2, -0.15) is 0 Å². The van der Waals surface area contributed by atoms with Gasteiger partial charge in [-0.25, -0.2) is 8.78 Å². The number of halogens is 3. The molecule has 1 aliphatic heterocycles. The van der Waals surface area contributed by atoms with Gasteiger partial charge in [0.25, 0.3) is 5.91 Å². The molecule has 0 fully saturated rings. The van der Waals surface area contributed by atoms with Crippen LogP contribution in [0.4, 0.5) is 8.78 Å². The fraction of sp³-hybridized carbons (Fsp3) is 0.367. The second-order valence-corrected chi connectivity index (χ2v) is 10.1. The maximum absolute atomic E-state index is 16.1. The van der Waals surface area contributed by atoms with Crippen LogP contribution in [-0.2, 0) is 12.0 Å². The first kappa shape index (κ1) is 28.8. The number of carbonyl (C=O) groups excluding carboxylic acids is 1. The molecule has 0 radical (unpaired) electrons. The third-order valence-electron chi connectivity index (χ3n) is 7.34. The number of rotatable bonds is 11. The number of amides is 1. The van der Waals surface area contributed by atoms with Crippen molar-refractivity contribution in [1.82, 2.24) is 5.32 Å². The number of nitrogens with two attached hydrogens (primary N) is 1. The van der Waals surface area contributed by atoms with Crippen molar-refractivity contribution in [2.45, 2.75) is 38.2 Å². The van der Waals surface area contributed by atoms with Gasteiger partial charge in [-0.15, -0.1) is 0 Å². The van der Waals surface area contributed by atoms with E-state index in [0.29, 0.717) is 12.1 Å². The van der Waals surface area contributed by atoms with Crippen molar-refractivity contribution in [3.8, 4) is 22.6 Å². The molecule has 0 unspecified atom stereocenters. The van der Waals surface area contributed by atoms with E-state index in [0.717, 1.165) is 24.8 Å². The highest BCUT2D eigenvalue weighted by atomic mass is 35.5. The molecule has 4 rings (SSSR count). The Morgan fingerprint density at radius 2 is 1.95 bits per heavy atom. The zero-order valence-corrected chi connectivity index (χ0v) is 22.8. The Hall–Kier alpha value is -3.20. The summed E-state index contributed by atoms with van der Waals surface area (Å²) in [5, 5.41) is 11.4. The van der Waals surface area contributed by atoms with E-state index in [-0.39, 0.29) is 58.8 Å². The molecule has 0 aromatic heterocycles. The average molecular weight is 559 g/mol. The Bertz CT molecular complexity index is 1340. The highest BCUT2D eigenvalue weighted by Gasteiger charge is 2.47. The van der Waals surface area contributed by atoms with Gasteiger partial charge < -0.3 is 25.6 Å². The molecule has 6 nitrogen and oxygen atoms in total. The Balaban J connectivity index is 1.94. The molecule has 0 bridgehead atoms. The lowest BCUT2D eigenvalue weighted by atomic mass is 9.76. The van der Waals surface area contributed by atoms with Gasteiger partial charge in [0.2, 0.25) is 0 Å². The smallest absolute Gasteiger partial charge is 0.251 e. The van der Waals surface area contributed by atoms with E-state index in [2.05, 4.69) is 12.2 Å². The van der Waals surface area contributed by atoms with E-state index in [9.17, 15) is 9.90 Å². The van der Waals surface area contributed by atoms with Gasteiger partial charge in [-0.3, -0.25) is 4.79 Å². The maximum Gasteiger partial charge on any atom is 0.251 e. The molecule has 1 aliphatic rings. The van der Waals surface area contributed by atoms with Crippen LogP contribution in [0.5, 0.6) is 11.5 Å². The number of hydrogen-bond acceptors (Lipinski definition) is 5. The van der Waals surface area contributed by atoms with Gasteiger partial charge in [-0.1, -0.05) is 55.3 Å². The number of fused-ring (bicyclic) bond motifs is 1. The van der Waals surface area contributed by atoms with Crippen LogP contribution >= 0.6 is 11.6 Å². The van der Waals surface area contributed by atoms with Gasteiger partial charge in [0.05, 0.1) is 17.2 Å². The van der Waals surface area contributed by atoms with E-state index < -0.39 is 23.1 Å². The number of aliphatic hydroxyl groups excluding tert-OH is 1. The quantitative estimate of drug-likeness (QED) is 0.266. The minimum atomic E-state index is -0.882. The summed E-state index contributed by atoms with van der Waals surface area (Å²) in [6.07, 6.45) is 2.82. The fourth-order valence-corrected chi connectivity index (χ4v) is 5.59. The first-order valence-electron chi connectivity index (χ1n) is 13.0. The zero-order valence-electron chi connectivity index (χ0n) is 22.0. The molecular weight excluding hydrogens is 526 g/mol. The lowest BCUT2D eigenvalue weighted by Gasteiger charge is -2.36. The minimum absolute atomic E-state index is 0.0176. The monoisotopic (exact) mass is 558 g/mol. The second-order valence-electron chi connectivity index (χ2n) is 9.70. The molecule has 3 aromatic rings. The van der Waals surface area contributed by atoms with Crippen molar-refractivity contribution in [3.63, 3.8) is 0 Å².